The predicted molar refractivity (Wildman–Crippen MR) is 61.3 cm³/mol. The van der Waals surface area contributed by atoms with Crippen LogP contribution in [0.2, 0.25) is 0 Å². The number of aliphatic carboxylic acids is 1. The molecule has 0 aromatic carbocycles. The van der Waals surface area contributed by atoms with Crippen LogP contribution in [0.3, 0.4) is 0 Å². The van der Waals surface area contributed by atoms with Crippen LogP contribution in [-0.4, -0.2) is 29.1 Å². The van der Waals surface area contributed by atoms with Crippen LogP contribution in [-0.2, 0) is 4.79 Å². The lowest BCUT2D eigenvalue weighted by molar-refractivity contribution is -0.138. The van der Waals surface area contributed by atoms with E-state index >= 15 is 0 Å². The van der Waals surface area contributed by atoms with Crippen LogP contribution >= 0.6 is 11.8 Å². The maximum absolute atomic E-state index is 10.1. The number of rotatable bonds is 4. The van der Waals surface area contributed by atoms with Crippen molar-refractivity contribution in [2.45, 2.75) is 40.2 Å². The van der Waals surface area contributed by atoms with Crippen LogP contribution in [0.4, 0.5) is 0 Å². The average molecular weight is 209 g/mol. The highest BCUT2D eigenvalue weighted by molar-refractivity contribution is 7.98. The number of nitrogens with two attached hydrogens (primary N) is 1. The van der Waals surface area contributed by atoms with Crippen molar-refractivity contribution in [1.82, 2.24) is 0 Å². The van der Waals surface area contributed by atoms with Gasteiger partial charge >= 0.3 is 5.97 Å². The molecular weight excluding hydrogens is 186 g/mol. The molecule has 0 spiro atoms. The van der Waals surface area contributed by atoms with E-state index in [2.05, 4.69) is 0 Å². The van der Waals surface area contributed by atoms with E-state index in [1.807, 2.05) is 34.0 Å². The summed E-state index contributed by atoms with van der Waals surface area (Å²) >= 11 is 1.60. The maximum Gasteiger partial charge on any atom is 0.320 e. The second kappa shape index (κ2) is 17.8. The fourth-order valence-corrected chi connectivity index (χ4v) is 0.858. The van der Waals surface area contributed by atoms with Crippen molar-refractivity contribution >= 4 is 17.7 Å². The van der Waals surface area contributed by atoms with E-state index in [1.54, 1.807) is 11.8 Å². The molecule has 82 valence electrons. The quantitative estimate of drug-likeness (QED) is 0.745. The molecule has 0 saturated heterocycles. The van der Waals surface area contributed by atoms with Crippen molar-refractivity contribution in [3.63, 3.8) is 0 Å². The summed E-state index contributed by atoms with van der Waals surface area (Å²) in [5.41, 5.74) is 5.19. The van der Waals surface area contributed by atoms with Crippen molar-refractivity contribution < 1.29 is 9.90 Å². The Morgan fingerprint density at radius 2 is 1.77 bits per heavy atom. The first-order valence-corrected chi connectivity index (χ1v) is 6.05. The molecule has 0 amide bonds. The summed E-state index contributed by atoms with van der Waals surface area (Å²) in [5, 5.41) is 8.27. The molecular formula is C9H23NO2S. The highest BCUT2D eigenvalue weighted by Gasteiger charge is 2.08. The molecule has 0 aromatic heterocycles. The van der Waals surface area contributed by atoms with Crippen molar-refractivity contribution in [2.75, 3.05) is 12.0 Å². The summed E-state index contributed by atoms with van der Waals surface area (Å²) in [6.45, 7) is 8.00. The Hall–Kier alpha value is -0.220. The van der Waals surface area contributed by atoms with E-state index in [-0.39, 0.29) is 0 Å². The normalized spacial score (nSPS) is 10.0. The fraction of sp³-hybridized carbons (Fsp3) is 0.889. The number of carbonyl (C=O) groups is 1. The van der Waals surface area contributed by atoms with Gasteiger partial charge in [-0.1, -0.05) is 27.7 Å². The van der Waals surface area contributed by atoms with Crippen LogP contribution in [0.15, 0.2) is 0 Å². The molecule has 4 heteroatoms. The molecule has 1 unspecified atom stereocenters. The molecule has 0 aliphatic carbocycles. The van der Waals surface area contributed by atoms with Gasteiger partial charge in [0.15, 0.2) is 0 Å². The summed E-state index contributed by atoms with van der Waals surface area (Å²) in [6.07, 6.45) is 2.48. The molecule has 0 heterocycles. The zero-order valence-electron chi connectivity index (χ0n) is 9.33. The number of hydrogen-bond donors (Lipinski definition) is 2. The molecule has 0 radical (unpaired) electrons. The van der Waals surface area contributed by atoms with Gasteiger partial charge in [0.2, 0.25) is 0 Å². The number of carboxylic acid groups (broad SMARTS) is 1. The molecule has 0 rings (SSSR count). The summed E-state index contributed by atoms with van der Waals surface area (Å²) < 4.78 is 0. The van der Waals surface area contributed by atoms with Gasteiger partial charge in [0, 0.05) is 0 Å². The molecule has 0 aliphatic rings. The number of thioether (sulfide) groups is 1. The summed E-state index contributed by atoms with van der Waals surface area (Å²) in [7, 11) is 0. The first-order chi connectivity index (χ1) is 6.18. The minimum absolute atomic E-state index is 0.552. The first kappa shape index (κ1) is 18.5. The fourth-order valence-electron chi connectivity index (χ4n) is 0.368. The summed E-state index contributed by atoms with van der Waals surface area (Å²) in [5.74, 6) is -0.1000. The van der Waals surface area contributed by atoms with Crippen LogP contribution in [0.25, 0.3) is 0 Å². The Morgan fingerprint density at radius 1 is 1.38 bits per heavy atom. The van der Waals surface area contributed by atoms with Gasteiger partial charge in [0.05, 0.1) is 0 Å². The molecule has 0 aliphatic heterocycles. The maximum atomic E-state index is 10.1. The molecule has 0 bridgehead atoms. The number of hydrogen-bond acceptors (Lipinski definition) is 3. The molecule has 0 saturated carbocycles. The van der Waals surface area contributed by atoms with Gasteiger partial charge < -0.3 is 10.8 Å². The van der Waals surface area contributed by atoms with Crippen molar-refractivity contribution in [2.24, 2.45) is 5.73 Å². The minimum Gasteiger partial charge on any atom is -0.480 e. The van der Waals surface area contributed by atoms with E-state index in [0.717, 1.165) is 5.75 Å². The summed E-state index contributed by atoms with van der Waals surface area (Å²) in [6, 6.07) is -0.683. The Labute approximate surface area is 86.1 Å². The van der Waals surface area contributed by atoms with Crippen LogP contribution < -0.4 is 5.73 Å². The zero-order valence-corrected chi connectivity index (χ0v) is 10.1. The topological polar surface area (TPSA) is 63.3 Å². The Bertz CT molecular complexity index is 99.6. The van der Waals surface area contributed by atoms with Gasteiger partial charge in [-0.25, -0.2) is 0 Å². The second-order valence-electron chi connectivity index (χ2n) is 1.73. The highest BCUT2D eigenvalue weighted by atomic mass is 32.2. The average Bonchev–Trinajstić information content (AvgIpc) is 2.20. The first-order valence-electron chi connectivity index (χ1n) is 4.65. The largest absolute Gasteiger partial charge is 0.480 e. The minimum atomic E-state index is -0.913. The van der Waals surface area contributed by atoms with Crippen molar-refractivity contribution in [3.8, 4) is 0 Å². The van der Waals surface area contributed by atoms with Gasteiger partial charge in [-0.3, -0.25) is 4.79 Å². The van der Waals surface area contributed by atoms with Gasteiger partial charge in [-0.05, 0) is 18.4 Å². The van der Waals surface area contributed by atoms with Gasteiger partial charge in [-0.15, -0.1) is 0 Å². The van der Waals surface area contributed by atoms with Crippen molar-refractivity contribution in [1.29, 1.82) is 0 Å². The van der Waals surface area contributed by atoms with Gasteiger partial charge in [-0.2, -0.15) is 11.8 Å². The lowest BCUT2D eigenvalue weighted by atomic mass is 10.2. The van der Waals surface area contributed by atoms with Crippen LogP contribution in [0.5, 0.6) is 0 Å². The lowest BCUT2D eigenvalue weighted by Gasteiger charge is -2.02. The zero-order chi connectivity index (χ0) is 11.3. The molecule has 13 heavy (non-hydrogen) atoms. The third-order valence-electron chi connectivity index (χ3n) is 0.950. The Balaban J connectivity index is -0.000000218. The Kier molecular flexibility index (Phi) is 25.3. The van der Waals surface area contributed by atoms with Crippen LogP contribution in [0, 0.1) is 0 Å². The van der Waals surface area contributed by atoms with Crippen molar-refractivity contribution in [3.05, 3.63) is 0 Å². The second-order valence-corrected chi connectivity index (χ2v) is 2.71. The van der Waals surface area contributed by atoms with Crippen LogP contribution in [0.1, 0.15) is 34.1 Å². The molecule has 3 N–H and O–H groups in total. The molecule has 0 aromatic rings. The number of carboxylic acids is 1. The van der Waals surface area contributed by atoms with Gasteiger partial charge in [0.25, 0.3) is 0 Å². The standard InChI is InChI=1S/C5H11NO2S.2C2H6/c1-9-3-2-4(6)5(7)8;2*1-2/h4H,2-3,6H2,1H3,(H,7,8);2*1-2H3. The van der Waals surface area contributed by atoms with E-state index in [4.69, 9.17) is 10.8 Å². The van der Waals surface area contributed by atoms with E-state index in [9.17, 15) is 4.79 Å². The third-order valence-corrected chi connectivity index (χ3v) is 1.59. The predicted octanol–water partition coefficient (Wildman–Crippen LogP) is 2.20. The molecule has 1 atom stereocenters. The summed E-state index contributed by atoms with van der Waals surface area (Å²) in [4.78, 5) is 10.1. The Morgan fingerprint density at radius 3 is 2.00 bits per heavy atom. The van der Waals surface area contributed by atoms with Gasteiger partial charge in [0.1, 0.15) is 6.04 Å². The van der Waals surface area contributed by atoms with E-state index < -0.39 is 12.0 Å². The SMILES string of the molecule is CC.CC.CSCCC(N)C(=O)O. The van der Waals surface area contributed by atoms with E-state index in [1.165, 1.54) is 0 Å². The van der Waals surface area contributed by atoms with E-state index in [0.29, 0.717) is 6.42 Å². The third kappa shape index (κ3) is 18.6. The lowest BCUT2D eigenvalue weighted by Crippen LogP contribution is -2.30. The smallest absolute Gasteiger partial charge is 0.320 e. The molecule has 3 nitrogen and oxygen atoms in total. The highest BCUT2D eigenvalue weighted by Crippen LogP contribution is 1.97. The monoisotopic (exact) mass is 209 g/mol. The molecule has 0 fully saturated rings.